The van der Waals surface area contributed by atoms with Crippen molar-refractivity contribution in [3.8, 4) is 17.0 Å². The van der Waals surface area contributed by atoms with Crippen molar-refractivity contribution >= 4 is 11.9 Å². The molecule has 0 bridgehead atoms. The molecular formula is C29H37F2N5O4. The molecule has 2 aromatic rings. The highest BCUT2D eigenvalue weighted by Gasteiger charge is 2.48. The van der Waals surface area contributed by atoms with E-state index >= 15 is 0 Å². The lowest BCUT2D eigenvalue weighted by atomic mass is 10.0. The maximum atomic E-state index is 14.7. The Balaban J connectivity index is 1.05. The van der Waals surface area contributed by atoms with Crippen molar-refractivity contribution in [3.05, 3.63) is 35.5 Å². The van der Waals surface area contributed by atoms with Gasteiger partial charge in [-0.2, -0.15) is 8.78 Å². The molecule has 3 aliphatic heterocycles. The highest BCUT2D eigenvalue weighted by atomic mass is 19.3. The number of carbonyl (C=O) groups excluding carboxylic acids is 1. The van der Waals surface area contributed by atoms with Gasteiger partial charge in [0.05, 0.1) is 11.3 Å². The molecule has 1 aromatic carbocycles. The Bertz CT molecular complexity index is 1260. The largest absolute Gasteiger partial charge is 0.484 e. The average molecular weight is 558 g/mol. The normalized spacial score (nSPS) is 25.9. The Hall–Kier alpha value is -2.89. The smallest absolute Gasteiger partial charge is 0.290 e. The van der Waals surface area contributed by atoms with Crippen LogP contribution in [0, 0.1) is 0 Å². The Morgan fingerprint density at radius 1 is 1.10 bits per heavy atom. The molecule has 0 spiro atoms. The van der Waals surface area contributed by atoms with Gasteiger partial charge in [0, 0.05) is 56.3 Å². The molecule has 9 nitrogen and oxygen atoms in total. The SMILES string of the molecule is C[C@H]1CCN1c1nc(-c2ccc(OCC(=O)N3CCN(C4OC4OC(C)(C)C)CC3)cc2)c2c(n1)C(F)(F)CC2. The number of carbonyl (C=O) groups is 1. The zero-order valence-electron chi connectivity index (χ0n) is 23.5. The van der Waals surface area contributed by atoms with Crippen LogP contribution in [-0.2, 0) is 26.6 Å². The number of anilines is 1. The van der Waals surface area contributed by atoms with E-state index in [9.17, 15) is 13.6 Å². The molecule has 6 rings (SSSR count). The van der Waals surface area contributed by atoms with Gasteiger partial charge in [0.1, 0.15) is 11.4 Å². The van der Waals surface area contributed by atoms with Crippen molar-refractivity contribution in [1.82, 2.24) is 19.8 Å². The topological polar surface area (TPSA) is 83.6 Å². The van der Waals surface area contributed by atoms with E-state index in [4.69, 9.17) is 19.2 Å². The van der Waals surface area contributed by atoms with Crippen molar-refractivity contribution in [1.29, 1.82) is 0 Å². The summed E-state index contributed by atoms with van der Waals surface area (Å²) in [6.07, 6.45) is 0.733. The summed E-state index contributed by atoms with van der Waals surface area (Å²) in [5.74, 6) is -2.12. The number of ether oxygens (including phenoxy) is 3. The molecular weight excluding hydrogens is 520 g/mol. The fraction of sp³-hybridized carbons (Fsp3) is 0.621. The quantitative estimate of drug-likeness (QED) is 0.476. The van der Waals surface area contributed by atoms with Crippen LogP contribution in [0.2, 0.25) is 0 Å². The first-order valence-electron chi connectivity index (χ1n) is 14.1. The summed E-state index contributed by atoms with van der Waals surface area (Å²) in [4.78, 5) is 27.8. The number of amides is 1. The second kappa shape index (κ2) is 10.2. The number of hydrogen-bond donors (Lipinski definition) is 0. The number of piperazine rings is 1. The molecule has 3 fully saturated rings. The maximum Gasteiger partial charge on any atom is 0.290 e. The van der Waals surface area contributed by atoms with E-state index in [2.05, 4.69) is 9.88 Å². The molecule has 216 valence electrons. The molecule has 0 saturated carbocycles. The van der Waals surface area contributed by atoms with Crippen molar-refractivity contribution < 1.29 is 27.8 Å². The van der Waals surface area contributed by atoms with Crippen molar-refractivity contribution in [2.75, 3.05) is 44.2 Å². The number of aromatic nitrogens is 2. The number of rotatable bonds is 7. The van der Waals surface area contributed by atoms with Crippen LogP contribution < -0.4 is 9.64 Å². The molecule has 3 atom stereocenters. The number of alkyl halides is 2. The maximum absolute atomic E-state index is 14.7. The molecule has 40 heavy (non-hydrogen) atoms. The van der Waals surface area contributed by atoms with E-state index in [-0.39, 0.29) is 55.2 Å². The van der Waals surface area contributed by atoms with Gasteiger partial charge >= 0.3 is 0 Å². The Kier molecular flexibility index (Phi) is 6.95. The van der Waals surface area contributed by atoms with Crippen LogP contribution in [0.25, 0.3) is 11.3 Å². The number of benzene rings is 1. The zero-order chi connectivity index (χ0) is 28.2. The van der Waals surface area contributed by atoms with Crippen LogP contribution in [0.5, 0.6) is 5.75 Å². The molecule has 1 amide bonds. The molecule has 1 aromatic heterocycles. The van der Waals surface area contributed by atoms with Gasteiger partial charge in [-0.3, -0.25) is 9.69 Å². The summed E-state index contributed by atoms with van der Waals surface area (Å²) in [5, 5.41) is 0. The van der Waals surface area contributed by atoms with Gasteiger partial charge in [0.15, 0.2) is 19.1 Å². The van der Waals surface area contributed by atoms with Gasteiger partial charge in [-0.1, -0.05) is 0 Å². The summed E-state index contributed by atoms with van der Waals surface area (Å²) >= 11 is 0. The zero-order valence-corrected chi connectivity index (χ0v) is 23.5. The molecule has 11 heteroatoms. The molecule has 4 aliphatic rings. The van der Waals surface area contributed by atoms with E-state index < -0.39 is 5.92 Å². The number of fused-ring (bicyclic) bond motifs is 1. The number of nitrogens with zero attached hydrogens (tertiary/aromatic N) is 5. The predicted octanol–water partition coefficient (Wildman–Crippen LogP) is 3.80. The van der Waals surface area contributed by atoms with Gasteiger partial charge in [0.2, 0.25) is 5.95 Å². The van der Waals surface area contributed by atoms with Crippen molar-refractivity contribution in [3.63, 3.8) is 0 Å². The third-order valence-corrected chi connectivity index (χ3v) is 8.02. The van der Waals surface area contributed by atoms with Crippen LogP contribution in [-0.4, -0.2) is 89.2 Å². The minimum Gasteiger partial charge on any atom is -0.484 e. The van der Waals surface area contributed by atoms with E-state index in [0.29, 0.717) is 36.0 Å². The first-order chi connectivity index (χ1) is 19.0. The fourth-order valence-electron chi connectivity index (χ4n) is 5.55. The fourth-order valence-corrected chi connectivity index (χ4v) is 5.55. The standard InChI is InChI=1S/C29H37F2N5O4/c1-18-10-12-36(18)27-32-23(21-9-11-29(30,31)24(21)33-27)19-5-7-20(8-6-19)38-17-22(37)34-13-15-35(16-14-34)25-26(39-25)40-28(2,3)4/h5-8,18,25-26H,9-17H2,1-4H3/t18-,25?,26?/m0/s1. The van der Waals surface area contributed by atoms with Crippen molar-refractivity contribution in [2.24, 2.45) is 0 Å². The first kappa shape index (κ1) is 27.3. The lowest BCUT2D eigenvalue weighted by molar-refractivity contribution is -0.135. The van der Waals surface area contributed by atoms with Gasteiger partial charge in [-0.25, -0.2) is 9.97 Å². The van der Waals surface area contributed by atoms with Crippen LogP contribution in [0.4, 0.5) is 14.7 Å². The highest BCUT2D eigenvalue weighted by Crippen LogP contribution is 2.45. The van der Waals surface area contributed by atoms with Crippen LogP contribution in [0.15, 0.2) is 24.3 Å². The number of hydrogen-bond acceptors (Lipinski definition) is 8. The van der Waals surface area contributed by atoms with Gasteiger partial charge in [-0.05, 0) is 64.8 Å². The molecule has 2 unspecified atom stereocenters. The Morgan fingerprint density at radius 3 is 2.45 bits per heavy atom. The number of halogens is 2. The van der Waals surface area contributed by atoms with Crippen LogP contribution in [0.3, 0.4) is 0 Å². The lowest BCUT2D eigenvalue weighted by Crippen LogP contribution is -2.51. The third kappa shape index (κ3) is 5.51. The molecule has 3 saturated heterocycles. The summed E-state index contributed by atoms with van der Waals surface area (Å²) in [6.45, 7) is 11.4. The summed E-state index contributed by atoms with van der Waals surface area (Å²) in [5.41, 5.74) is 1.38. The molecule has 1 aliphatic carbocycles. The Labute approximate surface area is 233 Å². The van der Waals surface area contributed by atoms with E-state index in [1.807, 2.05) is 44.7 Å². The minimum absolute atomic E-state index is 0.0426. The lowest BCUT2D eigenvalue weighted by Gasteiger charge is -2.39. The Morgan fingerprint density at radius 2 is 1.82 bits per heavy atom. The van der Waals surface area contributed by atoms with Crippen LogP contribution >= 0.6 is 0 Å². The van der Waals surface area contributed by atoms with E-state index in [1.54, 1.807) is 17.0 Å². The van der Waals surface area contributed by atoms with Crippen molar-refractivity contribution in [2.45, 2.75) is 77.0 Å². The second-order valence-electron chi connectivity index (χ2n) is 12.1. The summed E-state index contributed by atoms with van der Waals surface area (Å²) in [6, 6.07) is 7.37. The number of epoxide rings is 1. The average Bonchev–Trinajstić information content (AvgIpc) is 3.59. The minimum atomic E-state index is -2.95. The van der Waals surface area contributed by atoms with Gasteiger partial charge in [0.25, 0.3) is 11.8 Å². The van der Waals surface area contributed by atoms with Gasteiger partial charge < -0.3 is 24.0 Å². The summed E-state index contributed by atoms with van der Waals surface area (Å²) in [7, 11) is 0. The summed E-state index contributed by atoms with van der Waals surface area (Å²) < 4.78 is 46.6. The van der Waals surface area contributed by atoms with E-state index in [0.717, 1.165) is 31.6 Å². The highest BCUT2D eigenvalue weighted by molar-refractivity contribution is 5.78. The molecule has 0 radical (unpaired) electrons. The second-order valence-corrected chi connectivity index (χ2v) is 12.1. The molecule has 4 heterocycles. The van der Waals surface area contributed by atoms with Crippen LogP contribution in [0.1, 0.15) is 51.8 Å². The van der Waals surface area contributed by atoms with Gasteiger partial charge in [-0.15, -0.1) is 0 Å². The third-order valence-electron chi connectivity index (χ3n) is 8.02. The monoisotopic (exact) mass is 557 g/mol. The molecule has 0 N–H and O–H groups in total. The predicted molar refractivity (Wildman–Crippen MR) is 144 cm³/mol. The first-order valence-corrected chi connectivity index (χ1v) is 14.1. The van der Waals surface area contributed by atoms with E-state index in [1.165, 1.54) is 0 Å².